The first-order valence-corrected chi connectivity index (χ1v) is 16.8. The molecule has 7 aromatic carbocycles. The molecule has 0 aliphatic heterocycles. The molecule has 1 aromatic heterocycles. The summed E-state index contributed by atoms with van der Waals surface area (Å²) >= 11 is 0. The first-order valence-electron chi connectivity index (χ1n) is 16.8. The summed E-state index contributed by atoms with van der Waals surface area (Å²) in [6.45, 7) is 4.24. The summed E-state index contributed by atoms with van der Waals surface area (Å²) < 4.78 is 6.02. The molecule has 4 nitrogen and oxygen atoms in total. The summed E-state index contributed by atoms with van der Waals surface area (Å²) in [7, 11) is 0. The Balaban J connectivity index is 1.12. The third-order valence-corrected chi connectivity index (χ3v) is 9.05. The normalized spacial score (nSPS) is 11.0. The molecule has 8 rings (SSSR count). The standard InChI is InChI=1S/C46H35N3O/c1-32-16-26-38(27-17-32)49(39-28-18-33(2)19-29-39)40-30-24-35(25-31-40)42-13-7-9-15-44(42)43-14-8-6-12-41(43)34-20-22-37(23-21-34)46-48-47-45(50-46)36-10-4-3-5-11-36/h3-31H,1-2H3. The van der Waals surface area contributed by atoms with Gasteiger partial charge in [0.1, 0.15) is 0 Å². The van der Waals surface area contributed by atoms with Gasteiger partial charge in [0.25, 0.3) is 0 Å². The van der Waals surface area contributed by atoms with Gasteiger partial charge in [0, 0.05) is 28.2 Å². The summed E-state index contributed by atoms with van der Waals surface area (Å²) in [6.07, 6.45) is 0. The number of aromatic nitrogens is 2. The number of hydrogen-bond acceptors (Lipinski definition) is 4. The minimum atomic E-state index is 0.501. The predicted molar refractivity (Wildman–Crippen MR) is 206 cm³/mol. The van der Waals surface area contributed by atoms with Crippen molar-refractivity contribution in [2.75, 3.05) is 4.90 Å². The second-order valence-corrected chi connectivity index (χ2v) is 12.5. The predicted octanol–water partition coefficient (Wildman–Crippen LogP) is 12.5. The quantitative estimate of drug-likeness (QED) is 0.165. The van der Waals surface area contributed by atoms with E-state index >= 15 is 0 Å². The highest BCUT2D eigenvalue weighted by Gasteiger charge is 2.16. The number of rotatable bonds is 8. The van der Waals surface area contributed by atoms with Crippen LogP contribution in [0.1, 0.15) is 11.1 Å². The van der Waals surface area contributed by atoms with Gasteiger partial charge in [-0.25, -0.2) is 0 Å². The smallest absolute Gasteiger partial charge is 0.248 e. The minimum absolute atomic E-state index is 0.501. The van der Waals surface area contributed by atoms with E-state index in [-0.39, 0.29) is 0 Å². The van der Waals surface area contributed by atoms with E-state index in [9.17, 15) is 0 Å². The lowest BCUT2D eigenvalue weighted by molar-refractivity contribution is 0.584. The number of benzene rings is 7. The molecule has 4 heteroatoms. The topological polar surface area (TPSA) is 42.2 Å². The van der Waals surface area contributed by atoms with Gasteiger partial charge in [-0.1, -0.05) is 126 Å². The van der Waals surface area contributed by atoms with Gasteiger partial charge in [-0.15, -0.1) is 10.2 Å². The molecule has 0 unspecified atom stereocenters. The van der Waals surface area contributed by atoms with E-state index < -0.39 is 0 Å². The molecule has 0 atom stereocenters. The van der Waals surface area contributed by atoms with Crippen LogP contribution >= 0.6 is 0 Å². The Morgan fingerprint density at radius 1 is 0.340 bits per heavy atom. The Kier molecular flexibility index (Phi) is 8.34. The highest BCUT2D eigenvalue weighted by Crippen LogP contribution is 2.40. The van der Waals surface area contributed by atoms with Crippen molar-refractivity contribution in [1.29, 1.82) is 0 Å². The van der Waals surface area contributed by atoms with Crippen LogP contribution in [0, 0.1) is 13.8 Å². The Morgan fingerprint density at radius 3 is 1.14 bits per heavy atom. The van der Waals surface area contributed by atoms with Gasteiger partial charge >= 0.3 is 0 Å². The van der Waals surface area contributed by atoms with Gasteiger partial charge in [0.05, 0.1) is 0 Å². The van der Waals surface area contributed by atoms with Crippen molar-refractivity contribution in [3.05, 3.63) is 187 Å². The van der Waals surface area contributed by atoms with Crippen LogP contribution < -0.4 is 4.90 Å². The molecule has 8 aromatic rings. The molecule has 50 heavy (non-hydrogen) atoms. The van der Waals surface area contributed by atoms with Crippen LogP contribution in [0.4, 0.5) is 17.1 Å². The van der Waals surface area contributed by atoms with Gasteiger partial charge in [0.15, 0.2) is 0 Å². The van der Waals surface area contributed by atoms with Gasteiger partial charge in [-0.3, -0.25) is 0 Å². The molecule has 0 saturated heterocycles. The van der Waals surface area contributed by atoms with Gasteiger partial charge in [-0.05, 0) is 108 Å². The minimum Gasteiger partial charge on any atom is -0.416 e. The lowest BCUT2D eigenvalue weighted by atomic mass is 9.89. The second kappa shape index (κ2) is 13.5. The van der Waals surface area contributed by atoms with Crippen molar-refractivity contribution < 1.29 is 4.42 Å². The summed E-state index contributed by atoms with van der Waals surface area (Å²) in [5.41, 5.74) is 14.6. The zero-order valence-corrected chi connectivity index (χ0v) is 28.0. The molecule has 240 valence electrons. The van der Waals surface area contributed by atoms with Crippen LogP contribution in [0.25, 0.3) is 56.3 Å². The summed E-state index contributed by atoms with van der Waals surface area (Å²) in [5.74, 6) is 1.01. The maximum atomic E-state index is 6.02. The number of anilines is 3. The van der Waals surface area contributed by atoms with E-state index in [1.54, 1.807) is 0 Å². The fourth-order valence-corrected chi connectivity index (χ4v) is 6.39. The van der Waals surface area contributed by atoms with E-state index in [1.807, 2.05) is 42.5 Å². The first-order chi connectivity index (χ1) is 24.6. The van der Waals surface area contributed by atoms with E-state index in [0.29, 0.717) is 11.8 Å². The number of aryl methyl sites for hydroxylation is 2. The zero-order valence-electron chi connectivity index (χ0n) is 28.0. The monoisotopic (exact) mass is 645 g/mol. The zero-order chi connectivity index (χ0) is 33.9. The molecule has 1 heterocycles. The highest BCUT2D eigenvalue weighted by atomic mass is 16.4. The molecule has 0 aliphatic rings. The Labute approximate surface area is 293 Å². The Morgan fingerprint density at radius 2 is 0.680 bits per heavy atom. The number of nitrogens with zero attached hydrogens (tertiary/aromatic N) is 3. The average molecular weight is 646 g/mol. The van der Waals surface area contributed by atoms with E-state index in [2.05, 4.69) is 162 Å². The summed E-state index contributed by atoms with van der Waals surface area (Å²) in [4.78, 5) is 2.31. The van der Waals surface area contributed by atoms with Crippen molar-refractivity contribution in [2.24, 2.45) is 0 Å². The Bertz CT molecular complexity index is 2310. The molecular formula is C46H35N3O. The summed E-state index contributed by atoms with van der Waals surface area (Å²) in [6, 6.07) is 61.7. The SMILES string of the molecule is Cc1ccc(N(c2ccc(C)cc2)c2ccc(-c3ccccc3-c3ccccc3-c3ccc(-c4nnc(-c5ccccc5)o4)cc3)cc2)cc1. The lowest BCUT2D eigenvalue weighted by Crippen LogP contribution is -2.09. The van der Waals surface area contributed by atoms with Crippen LogP contribution in [-0.2, 0) is 0 Å². The molecular weight excluding hydrogens is 611 g/mol. The van der Waals surface area contributed by atoms with Crippen molar-refractivity contribution in [2.45, 2.75) is 13.8 Å². The lowest BCUT2D eigenvalue weighted by Gasteiger charge is -2.26. The van der Waals surface area contributed by atoms with Crippen LogP contribution in [0.15, 0.2) is 180 Å². The van der Waals surface area contributed by atoms with Crippen LogP contribution in [0.3, 0.4) is 0 Å². The van der Waals surface area contributed by atoms with Gasteiger partial charge < -0.3 is 9.32 Å². The maximum Gasteiger partial charge on any atom is 0.248 e. The second-order valence-electron chi connectivity index (χ2n) is 12.5. The van der Waals surface area contributed by atoms with Crippen molar-refractivity contribution in [3.63, 3.8) is 0 Å². The third kappa shape index (κ3) is 6.23. The van der Waals surface area contributed by atoms with Gasteiger partial charge in [0.2, 0.25) is 11.8 Å². The van der Waals surface area contributed by atoms with E-state index in [0.717, 1.165) is 44.9 Å². The average Bonchev–Trinajstić information content (AvgIpc) is 3.68. The van der Waals surface area contributed by atoms with Crippen LogP contribution in [0.5, 0.6) is 0 Å². The molecule has 0 fully saturated rings. The molecule has 0 spiro atoms. The van der Waals surface area contributed by atoms with Crippen LogP contribution in [0.2, 0.25) is 0 Å². The van der Waals surface area contributed by atoms with Gasteiger partial charge in [-0.2, -0.15) is 0 Å². The number of hydrogen-bond donors (Lipinski definition) is 0. The molecule has 0 saturated carbocycles. The molecule has 0 aliphatic carbocycles. The first kappa shape index (κ1) is 30.8. The third-order valence-electron chi connectivity index (χ3n) is 9.05. The van der Waals surface area contributed by atoms with Crippen LogP contribution in [-0.4, -0.2) is 10.2 Å². The van der Waals surface area contributed by atoms with Crippen molar-refractivity contribution in [1.82, 2.24) is 10.2 Å². The maximum absolute atomic E-state index is 6.02. The highest BCUT2D eigenvalue weighted by molar-refractivity contribution is 5.92. The fourth-order valence-electron chi connectivity index (χ4n) is 6.39. The molecule has 0 N–H and O–H groups in total. The molecule has 0 amide bonds. The summed E-state index contributed by atoms with van der Waals surface area (Å²) in [5, 5.41) is 8.58. The van der Waals surface area contributed by atoms with Crippen molar-refractivity contribution >= 4 is 17.1 Å². The van der Waals surface area contributed by atoms with E-state index in [4.69, 9.17) is 4.42 Å². The molecule has 0 radical (unpaired) electrons. The molecule has 0 bridgehead atoms. The largest absolute Gasteiger partial charge is 0.416 e. The van der Waals surface area contributed by atoms with Crippen molar-refractivity contribution in [3.8, 4) is 56.3 Å². The van der Waals surface area contributed by atoms with E-state index in [1.165, 1.54) is 27.8 Å². The Hall–Kier alpha value is -6.52. The fraction of sp³-hybridized carbons (Fsp3) is 0.0435.